The van der Waals surface area contributed by atoms with Crippen molar-refractivity contribution in [3.05, 3.63) is 29.8 Å². The number of benzene rings is 1. The Kier molecular flexibility index (Phi) is 6.21. The maximum Gasteiger partial charge on any atom is 0.236 e. The van der Waals surface area contributed by atoms with Crippen LogP contribution in [0.2, 0.25) is 0 Å². The highest BCUT2D eigenvalue weighted by atomic mass is 16.5. The van der Waals surface area contributed by atoms with E-state index in [9.17, 15) is 9.59 Å². The van der Waals surface area contributed by atoms with Crippen LogP contribution >= 0.6 is 0 Å². The zero-order valence-corrected chi connectivity index (χ0v) is 13.0. The Labute approximate surface area is 131 Å². The van der Waals surface area contributed by atoms with E-state index < -0.39 is 0 Å². The first-order valence-electron chi connectivity index (χ1n) is 7.53. The summed E-state index contributed by atoms with van der Waals surface area (Å²) in [6, 6.07) is 7.93. The molecule has 0 saturated carbocycles. The van der Waals surface area contributed by atoms with Crippen molar-refractivity contribution in [3.8, 4) is 5.75 Å². The number of rotatable bonds is 7. The van der Waals surface area contributed by atoms with Gasteiger partial charge in [0.05, 0.1) is 13.7 Å². The van der Waals surface area contributed by atoms with Gasteiger partial charge in [0.25, 0.3) is 0 Å². The van der Waals surface area contributed by atoms with Crippen molar-refractivity contribution in [1.29, 1.82) is 0 Å². The second-order valence-corrected chi connectivity index (χ2v) is 5.30. The Hall–Kier alpha value is -2.08. The van der Waals surface area contributed by atoms with Crippen LogP contribution in [0.15, 0.2) is 24.3 Å². The van der Waals surface area contributed by atoms with E-state index in [1.54, 1.807) is 16.9 Å². The Morgan fingerprint density at radius 3 is 2.77 bits per heavy atom. The smallest absolute Gasteiger partial charge is 0.236 e. The minimum atomic E-state index is 0.0937. The molecular formula is C16H23N3O3. The Morgan fingerprint density at radius 2 is 2.09 bits per heavy atom. The molecular weight excluding hydrogens is 282 g/mol. The topological polar surface area (TPSA) is 61.9 Å². The highest BCUT2D eigenvalue weighted by Gasteiger charge is 2.19. The third kappa shape index (κ3) is 4.73. The van der Waals surface area contributed by atoms with E-state index in [4.69, 9.17) is 4.74 Å². The van der Waals surface area contributed by atoms with E-state index in [-0.39, 0.29) is 5.91 Å². The van der Waals surface area contributed by atoms with Gasteiger partial charge in [0.15, 0.2) is 0 Å². The van der Waals surface area contributed by atoms with Crippen LogP contribution in [-0.2, 0) is 16.0 Å². The molecule has 1 N–H and O–H groups in total. The van der Waals surface area contributed by atoms with Gasteiger partial charge in [-0.1, -0.05) is 12.1 Å². The van der Waals surface area contributed by atoms with Gasteiger partial charge < -0.3 is 19.9 Å². The summed E-state index contributed by atoms with van der Waals surface area (Å²) < 4.78 is 5.19. The summed E-state index contributed by atoms with van der Waals surface area (Å²) in [6.45, 7) is 3.57. The molecule has 6 heteroatoms. The fourth-order valence-corrected chi connectivity index (χ4v) is 2.44. The van der Waals surface area contributed by atoms with Crippen LogP contribution in [0.25, 0.3) is 0 Å². The molecule has 6 nitrogen and oxygen atoms in total. The number of nitrogens with zero attached hydrogens (tertiary/aromatic N) is 2. The van der Waals surface area contributed by atoms with Crippen molar-refractivity contribution in [2.24, 2.45) is 0 Å². The Bertz CT molecular complexity index is 499. The van der Waals surface area contributed by atoms with E-state index in [0.717, 1.165) is 25.1 Å². The quantitative estimate of drug-likeness (QED) is 0.574. The lowest BCUT2D eigenvalue weighted by Crippen LogP contribution is -2.50. The number of amides is 2. The van der Waals surface area contributed by atoms with Gasteiger partial charge in [0.2, 0.25) is 12.3 Å². The fourth-order valence-electron chi connectivity index (χ4n) is 2.44. The number of methoxy groups -OCH3 is 1. The number of ether oxygens (including phenoxy) is 1. The molecule has 1 heterocycles. The van der Waals surface area contributed by atoms with Crippen molar-refractivity contribution < 1.29 is 14.3 Å². The van der Waals surface area contributed by atoms with Crippen molar-refractivity contribution in [2.75, 3.05) is 46.4 Å². The molecule has 1 aromatic carbocycles. The molecule has 22 heavy (non-hydrogen) atoms. The van der Waals surface area contributed by atoms with Crippen LogP contribution in [0.4, 0.5) is 0 Å². The zero-order valence-electron chi connectivity index (χ0n) is 13.0. The zero-order chi connectivity index (χ0) is 15.8. The lowest BCUT2D eigenvalue weighted by molar-refractivity contribution is -0.134. The Morgan fingerprint density at radius 1 is 1.32 bits per heavy atom. The molecule has 2 amide bonds. The molecule has 0 atom stereocenters. The summed E-state index contributed by atoms with van der Waals surface area (Å²) in [6.07, 6.45) is 1.69. The molecule has 0 radical (unpaired) electrons. The monoisotopic (exact) mass is 305 g/mol. The molecule has 1 aliphatic heterocycles. The molecule has 0 aliphatic carbocycles. The summed E-state index contributed by atoms with van der Waals surface area (Å²) >= 11 is 0. The third-order valence-corrected chi connectivity index (χ3v) is 3.82. The van der Waals surface area contributed by atoms with E-state index in [1.807, 2.05) is 24.3 Å². The number of piperazine rings is 1. The molecule has 1 aromatic rings. The first kappa shape index (κ1) is 16.3. The van der Waals surface area contributed by atoms with Crippen LogP contribution in [-0.4, -0.2) is 68.5 Å². The highest BCUT2D eigenvalue weighted by molar-refractivity contribution is 5.78. The molecule has 0 bridgehead atoms. The molecule has 120 valence electrons. The molecule has 0 aromatic heterocycles. The molecule has 2 rings (SSSR count). The number of carbonyl (C=O) groups excluding carboxylic acids is 2. The van der Waals surface area contributed by atoms with Gasteiger partial charge in [-0.05, 0) is 30.7 Å². The standard InChI is InChI=1S/C16H23N3O3/c1-22-15-4-2-3-14(11-15)5-6-17-12-16(21)19-9-7-18(13-20)8-10-19/h2-4,11,13,17H,5-10,12H2,1H3. The maximum absolute atomic E-state index is 12.0. The highest BCUT2D eigenvalue weighted by Crippen LogP contribution is 2.12. The first-order valence-corrected chi connectivity index (χ1v) is 7.53. The number of carbonyl (C=O) groups is 2. The SMILES string of the molecule is COc1cccc(CCNCC(=O)N2CCN(C=O)CC2)c1. The average molecular weight is 305 g/mol. The Balaban J connectivity index is 1.66. The molecule has 1 fully saturated rings. The number of hydrogen-bond acceptors (Lipinski definition) is 4. The first-order chi connectivity index (χ1) is 10.7. The van der Waals surface area contributed by atoms with Crippen LogP contribution in [0.5, 0.6) is 5.75 Å². The molecule has 1 saturated heterocycles. The second kappa shape index (κ2) is 8.38. The minimum absolute atomic E-state index is 0.0937. The predicted molar refractivity (Wildman–Crippen MR) is 83.8 cm³/mol. The summed E-state index contributed by atoms with van der Waals surface area (Å²) in [4.78, 5) is 26.2. The van der Waals surface area contributed by atoms with Crippen LogP contribution in [0.1, 0.15) is 5.56 Å². The van der Waals surface area contributed by atoms with Crippen molar-refractivity contribution in [3.63, 3.8) is 0 Å². The van der Waals surface area contributed by atoms with Crippen molar-refractivity contribution in [2.45, 2.75) is 6.42 Å². The molecule has 1 aliphatic rings. The maximum atomic E-state index is 12.0. The minimum Gasteiger partial charge on any atom is -0.497 e. The van der Waals surface area contributed by atoms with Gasteiger partial charge in [-0.25, -0.2) is 0 Å². The van der Waals surface area contributed by atoms with Crippen LogP contribution in [0, 0.1) is 0 Å². The summed E-state index contributed by atoms with van der Waals surface area (Å²) in [5.74, 6) is 0.942. The van der Waals surface area contributed by atoms with Crippen LogP contribution in [0.3, 0.4) is 0 Å². The van der Waals surface area contributed by atoms with Gasteiger partial charge in [-0.2, -0.15) is 0 Å². The van der Waals surface area contributed by atoms with Gasteiger partial charge >= 0.3 is 0 Å². The normalized spacial score (nSPS) is 14.8. The van der Waals surface area contributed by atoms with Crippen LogP contribution < -0.4 is 10.1 Å². The van der Waals surface area contributed by atoms with Gasteiger partial charge in [-0.3, -0.25) is 9.59 Å². The molecule has 0 spiro atoms. The largest absolute Gasteiger partial charge is 0.497 e. The average Bonchev–Trinajstić information content (AvgIpc) is 2.58. The lowest BCUT2D eigenvalue weighted by Gasteiger charge is -2.32. The summed E-state index contributed by atoms with van der Waals surface area (Å²) in [5.41, 5.74) is 1.18. The van der Waals surface area contributed by atoms with Gasteiger partial charge in [0, 0.05) is 26.2 Å². The number of hydrogen-bond donors (Lipinski definition) is 1. The van der Waals surface area contributed by atoms with E-state index in [0.29, 0.717) is 32.7 Å². The number of nitrogens with one attached hydrogen (secondary N) is 1. The van der Waals surface area contributed by atoms with Gasteiger partial charge in [-0.15, -0.1) is 0 Å². The van der Waals surface area contributed by atoms with E-state index in [1.165, 1.54) is 5.56 Å². The van der Waals surface area contributed by atoms with E-state index in [2.05, 4.69) is 5.32 Å². The summed E-state index contributed by atoms with van der Waals surface area (Å²) in [5, 5.41) is 3.18. The van der Waals surface area contributed by atoms with Gasteiger partial charge in [0.1, 0.15) is 5.75 Å². The second-order valence-electron chi connectivity index (χ2n) is 5.30. The molecule has 0 unspecified atom stereocenters. The lowest BCUT2D eigenvalue weighted by atomic mass is 10.1. The third-order valence-electron chi connectivity index (χ3n) is 3.82. The predicted octanol–water partition coefficient (Wildman–Crippen LogP) is 0.128. The van der Waals surface area contributed by atoms with Crippen molar-refractivity contribution in [1.82, 2.24) is 15.1 Å². The van der Waals surface area contributed by atoms with Crippen molar-refractivity contribution >= 4 is 12.3 Å². The fraction of sp³-hybridized carbons (Fsp3) is 0.500. The van der Waals surface area contributed by atoms with E-state index >= 15 is 0 Å². The summed E-state index contributed by atoms with van der Waals surface area (Å²) in [7, 11) is 1.65.